The second-order valence-corrected chi connectivity index (χ2v) is 6.01. The molecule has 1 aromatic carbocycles. The summed E-state index contributed by atoms with van der Waals surface area (Å²) in [6.07, 6.45) is 1.66. The molecule has 5 heteroatoms. The molecule has 2 fully saturated rings. The van der Waals surface area contributed by atoms with Gasteiger partial charge in [-0.2, -0.15) is 0 Å². The zero-order chi connectivity index (χ0) is 14.2. The lowest BCUT2D eigenvalue weighted by molar-refractivity contribution is -0.103. The van der Waals surface area contributed by atoms with Crippen molar-refractivity contribution in [3.8, 4) is 11.5 Å². The van der Waals surface area contributed by atoms with Crippen LogP contribution in [0.1, 0.15) is 24.5 Å². The molecule has 0 aromatic heterocycles. The lowest BCUT2D eigenvalue weighted by atomic mass is 10.0. The highest BCUT2D eigenvalue weighted by Gasteiger charge is 2.36. The zero-order valence-electron chi connectivity index (χ0n) is 12.0. The van der Waals surface area contributed by atoms with Gasteiger partial charge >= 0.3 is 0 Å². The maximum Gasteiger partial charge on any atom is 0.161 e. The van der Waals surface area contributed by atoms with Crippen LogP contribution in [-0.4, -0.2) is 55.1 Å². The molecule has 3 aliphatic heterocycles. The van der Waals surface area contributed by atoms with Crippen LogP contribution in [-0.2, 0) is 4.74 Å². The smallest absolute Gasteiger partial charge is 0.161 e. The van der Waals surface area contributed by atoms with E-state index in [2.05, 4.69) is 4.90 Å². The minimum absolute atomic E-state index is 0.165. The van der Waals surface area contributed by atoms with Gasteiger partial charge in [0.15, 0.2) is 11.5 Å². The quantitative estimate of drug-likeness (QED) is 0.891. The number of fused-ring (bicyclic) bond motifs is 2. The predicted molar refractivity (Wildman–Crippen MR) is 76.7 cm³/mol. The fraction of sp³-hybridized carbons (Fsp3) is 0.625. The Hall–Kier alpha value is -1.30. The maximum atomic E-state index is 10.6. The molecule has 1 N–H and O–H groups in total. The minimum Gasteiger partial charge on any atom is -0.486 e. The summed E-state index contributed by atoms with van der Waals surface area (Å²) in [5, 5.41) is 10.6. The highest BCUT2D eigenvalue weighted by atomic mass is 16.6. The third-order valence-corrected chi connectivity index (χ3v) is 4.68. The average molecular weight is 291 g/mol. The molecule has 2 saturated heterocycles. The molecule has 1 aromatic rings. The summed E-state index contributed by atoms with van der Waals surface area (Å²) in [4.78, 5) is 2.44. The Bertz CT molecular complexity index is 521. The third kappa shape index (κ3) is 2.50. The van der Waals surface area contributed by atoms with Gasteiger partial charge in [-0.05, 0) is 37.1 Å². The fourth-order valence-corrected chi connectivity index (χ4v) is 3.49. The number of benzene rings is 1. The van der Waals surface area contributed by atoms with Gasteiger partial charge in [0.2, 0.25) is 0 Å². The monoisotopic (exact) mass is 291 g/mol. The highest BCUT2D eigenvalue weighted by molar-refractivity contribution is 5.44. The minimum atomic E-state index is -0.623. The van der Waals surface area contributed by atoms with E-state index < -0.39 is 6.10 Å². The van der Waals surface area contributed by atoms with Gasteiger partial charge in [-0.1, -0.05) is 6.07 Å². The van der Waals surface area contributed by atoms with E-state index in [9.17, 15) is 5.11 Å². The molecular weight excluding hydrogens is 270 g/mol. The Morgan fingerprint density at radius 2 is 2.05 bits per heavy atom. The Balaban J connectivity index is 1.50. The van der Waals surface area contributed by atoms with Gasteiger partial charge in [-0.15, -0.1) is 0 Å². The average Bonchev–Trinajstić information content (AvgIpc) is 3.01. The summed E-state index contributed by atoms with van der Waals surface area (Å²) in [5.41, 5.74) is 0.835. The van der Waals surface area contributed by atoms with Crippen LogP contribution >= 0.6 is 0 Å². The van der Waals surface area contributed by atoms with E-state index in [4.69, 9.17) is 14.2 Å². The molecule has 3 aliphatic rings. The number of hydrogen-bond donors (Lipinski definition) is 1. The summed E-state index contributed by atoms with van der Waals surface area (Å²) < 4.78 is 17.0. The molecule has 0 spiro atoms. The first-order valence-corrected chi connectivity index (χ1v) is 7.74. The highest BCUT2D eigenvalue weighted by Crippen LogP contribution is 2.35. The third-order valence-electron chi connectivity index (χ3n) is 4.68. The molecule has 0 amide bonds. The van der Waals surface area contributed by atoms with Crippen molar-refractivity contribution >= 4 is 0 Å². The van der Waals surface area contributed by atoms with Crippen LogP contribution in [0.5, 0.6) is 11.5 Å². The fourth-order valence-electron chi connectivity index (χ4n) is 3.49. The second kappa shape index (κ2) is 5.48. The van der Waals surface area contributed by atoms with Gasteiger partial charge in [0, 0.05) is 12.6 Å². The van der Waals surface area contributed by atoms with E-state index in [1.165, 1.54) is 12.8 Å². The van der Waals surface area contributed by atoms with E-state index >= 15 is 0 Å². The van der Waals surface area contributed by atoms with Crippen LogP contribution in [0.3, 0.4) is 0 Å². The van der Waals surface area contributed by atoms with Crippen molar-refractivity contribution in [2.75, 3.05) is 32.9 Å². The molecular formula is C16H21NO4. The summed E-state index contributed by atoms with van der Waals surface area (Å²) in [6, 6.07) is 6.19. The molecule has 3 atom stereocenters. The molecule has 21 heavy (non-hydrogen) atoms. The van der Waals surface area contributed by atoms with E-state index in [0.717, 1.165) is 31.0 Å². The lowest BCUT2D eigenvalue weighted by Gasteiger charge is -2.37. The predicted octanol–water partition coefficient (Wildman–Crippen LogP) is 1.35. The van der Waals surface area contributed by atoms with Crippen molar-refractivity contribution in [1.82, 2.24) is 4.90 Å². The van der Waals surface area contributed by atoms with Crippen molar-refractivity contribution in [2.45, 2.75) is 31.1 Å². The van der Waals surface area contributed by atoms with E-state index in [-0.39, 0.29) is 6.10 Å². The number of nitrogens with zero attached hydrogens (tertiary/aromatic N) is 1. The Kier molecular flexibility index (Phi) is 3.49. The zero-order valence-corrected chi connectivity index (χ0v) is 12.0. The van der Waals surface area contributed by atoms with E-state index in [0.29, 0.717) is 25.0 Å². The van der Waals surface area contributed by atoms with Gasteiger partial charge in [0.1, 0.15) is 25.4 Å². The number of hydrogen-bond acceptors (Lipinski definition) is 5. The molecule has 114 valence electrons. The van der Waals surface area contributed by atoms with Crippen molar-refractivity contribution in [3.05, 3.63) is 23.8 Å². The van der Waals surface area contributed by atoms with Gasteiger partial charge in [0.25, 0.3) is 0 Å². The molecule has 0 saturated carbocycles. The molecule has 0 aliphatic carbocycles. The topological polar surface area (TPSA) is 51.2 Å². The molecule has 0 bridgehead atoms. The van der Waals surface area contributed by atoms with Gasteiger partial charge in [0.05, 0.1) is 6.61 Å². The first kappa shape index (κ1) is 13.4. The second-order valence-electron chi connectivity index (χ2n) is 6.01. The molecule has 5 nitrogen and oxygen atoms in total. The number of aliphatic hydroxyl groups excluding tert-OH is 1. The molecule has 4 rings (SSSR count). The first-order chi connectivity index (χ1) is 10.3. The summed E-state index contributed by atoms with van der Waals surface area (Å²) in [5.74, 6) is 1.47. The van der Waals surface area contributed by atoms with Gasteiger partial charge in [-0.3, -0.25) is 4.90 Å². The van der Waals surface area contributed by atoms with Crippen molar-refractivity contribution in [3.63, 3.8) is 0 Å². The van der Waals surface area contributed by atoms with Crippen LogP contribution in [0.2, 0.25) is 0 Å². The molecule has 3 heterocycles. The molecule has 0 radical (unpaired) electrons. The van der Waals surface area contributed by atoms with Crippen LogP contribution in [0.25, 0.3) is 0 Å². The summed E-state index contributed by atoms with van der Waals surface area (Å²) in [6.45, 7) is 3.80. The summed E-state index contributed by atoms with van der Waals surface area (Å²) >= 11 is 0. The van der Waals surface area contributed by atoms with E-state index in [1.807, 2.05) is 18.2 Å². The SMILES string of the molecule is OC(c1ccc2c(c1)OCCO2)C1CN2CCCC2CO1. The maximum absolute atomic E-state index is 10.6. The van der Waals surface area contributed by atoms with Crippen molar-refractivity contribution < 1.29 is 19.3 Å². The largest absolute Gasteiger partial charge is 0.486 e. The van der Waals surface area contributed by atoms with Crippen LogP contribution in [0.4, 0.5) is 0 Å². The lowest BCUT2D eigenvalue weighted by Crippen LogP contribution is -2.48. The summed E-state index contributed by atoms with van der Waals surface area (Å²) in [7, 11) is 0. The Morgan fingerprint density at radius 1 is 1.19 bits per heavy atom. The van der Waals surface area contributed by atoms with Crippen LogP contribution in [0.15, 0.2) is 18.2 Å². The number of aliphatic hydroxyl groups is 1. The number of morpholine rings is 1. The Morgan fingerprint density at radius 3 is 2.95 bits per heavy atom. The van der Waals surface area contributed by atoms with E-state index in [1.54, 1.807) is 0 Å². The Labute approximate surface area is 124 Å². The van der Waals surface area contributed by atoms with Gasteiger partial charge < -0.3 is 19.3 Å². The van der Waals surface area contributed by atoms with Crippen molar-refractivity contribution in [1.29, 1.82) is 0 Å². The van der Waals surface area contributed by atoms with Crippen molar-refractivity contribution in [2.24, 2.45) is 0 Å². The number of rotatable bonds is 2. The number of ether oxygens (including phenoxy) is 3. The van der Waals surface area contributed by atoms with Gasteiger partial charge in [-0.25, -0.2) is 0 Å². The van der Waals surface area contributed by atoms with Crippen LogP contribution in [0, 0.1) is 0 Å². The normalized spacial score (nSPS) is 30.0. The first-order valence-electron chi connectivity index (χ1n) is 7.74. The standard InChI is InChI=1S/C16H21NO4/c18-16(15-9-17-5-1-2-12(17)10-21-15)11-3-4-13-14(8-11)20-7-6-19-13/h3-4,8,12,15-16,18H,1-2,5-7,9-10H2. The van der Waals surface area contributed by atoms with Crippen LogP contribution < -0.4 is 9.47 Å². The molecule has 3 unspecified atom stereocenters.